The molecule has 0 spiro atoms. The molecule has 8 heteroatoms. The largest absolute Gasteiger partial charge is 0.480 e. The highest BCUT2D eigenvalue weighted by atomic mass is 16.5. The quantitative estimate of drug-likeness (QED) is 0.383. The van der Waals surface area contributed by atoms with Crippen LogP contribution in [0.5, 0.6) is 0 Å². The first kappa shape index (κ1) is 16.4. The predicted octanol–water partition coefficient (Wildman–Crippen LogP) is -1.59. The number of hydrogen-bond donors (Lipinski definition) is 3. The van der Waals surface area contributed by atoms with Crippen LogP contribution in [0.15, 0.2) is 0 Å². The van der Waals surface area contributed by atoms with Gasteiger partial charge in [0.1, 0.15) is 6.04 Å². The lowest BCUT2D eigenvalue weighted by molar-refractivity contribution is -0.145. The number of nitrogens with zero attached hydrogens (tertiary/aromatic N) is 1. The molecule has 0 aromatic carbocycles. The summed E-state index contributed by atoms with van der Waals surface area (Å²) in [5, 5.41) is 14.7. The number of methoxy groups -OCH3 is 1. The number of rotatable bonds is 7. The first-order valence-corrected chi connectivity index (χ1v) is 6.55. The van der Waals surface area contributed by atoms with Crippen molar-refractivity contribution in [2.45, 2.75) is 18.9 Å². The van der Waals surface area contributed by atoms with E-state index in [4.69, 9.17) is 5.11 Å². The number of carboxylic acid groups (broad SMARTS) is 1. The van der Waals surface area contributed by atoms with Crippen LogP contribution in [0.1, 0.15) is 12.8 Å². The summed E-state index contributed by atoms with van der Waals surface area (Å²) < 4.78 is 4.49. The Kier molecular flexibility index (Phi) is 6.96. The van der Waals surface area contributed by atoms with Crippen molar-refractivity contribution in [3.63, 3.8) is 0 Å². The molecule has 0 aliphatic carbocycles. The van der Waals surface area contributed by atoms with E-state index in [-0.39, 0.29) is 24.8 Å². The third kappa shape index (κ3) is 5.54. The van der Waals surface area contributed by atoms with Gasteiger partial charge in [-0.15, -0.1) is 0 Å². The number of esters is 1. The van der Waals surface area contributed by atoms with Gasteiger partial charge >= 0.3 is 11.9 Å². The fraction of sp³-hybridized carbons (Fsp3) is 0.750. The van der Waals surface area contributed by atoms with E-state index in [1.165, 1.54) is 7.11 Å². The van der Waals surface area contributed by atoms with E-state index in [9.17, 15) is 14.4 Å². The van der Waals surface area contributed by atoms with Gasteiger partial charge in [-0.3, -0.25) is 19.3 Å². The second-order valence-corrected chi connectivity index (χ2v) is 4.56. The fourth-order valence-corrected chi connectivity index (χ4v) is 1.98. The molecule has 0 bridgehead atoms. The van der Waals surface area contributed by atoms with Crippen LogP contribution in [-0.4, -0.2) is 73.7 Å². The average molecular weight is 287 g/mol. The molecule has 0 radical (unpaired) electrons. The third-order valence-electron chi connectivity index (χ3n) is 3.09. The molecule has 3 N–H and O–H groups in total. The minimum atomic E-state index is -0.935. The van der Waals surface area contributed by atoms with Gasteiger partial charge in [-0.2, -0.15) is 0 Å². The minimum absolute atomic E-state index is 0.0525. The van der Waals surface area contributed by atoms with Crippen molar-refractivity contribution in [2.75, 3.05) is 39.8 Å². The zero-order chi connectivity index (χ0) is 15.0. The van der Waals surface area contributed by atoms with Crippen molar-refractivity contribution in [2.24, 2.45) is 0 Å². The van der Waals surface area contributed by atoms with Crippen molar-refractivity contribution in [1.29, 1.82) is 0 Å². The van der Waals surface area contributed by atoms with E-state index in [2.05, 4.69) is 15.4 Å². The van der Waals surface area contributed by atoms with E-state index in [0.29, 0.717) is 32.6 Å². The number of nitrogens with one attached hydrogen (secondary N) is 2. The predicted molar refractivity (Wildman–Crippen MR) is 70.1 cm³/mol. The van der Waals surface area contributed by atoms with E-state index < -0.39 is 12.0 Å². The highest BCUT2D eigenvalue weighted by Crippen LogP contribution is 2.03. The average Bonchev–Trinajstić information content (AvgIpc) is 2.43. The molecule has 0 saturated carbocycles. The Balaban J connectivity index is 2.26. The lowest BCUT2D eigenvalue weighted by Gasteiger charge is -2.32. The van der Waals surface area contributed by atoms with Crippen LogP contribution >= 0.6 is 0 Å². The zero-order valence-electron chi connectivity index (χ0n) is 11.6. The number of carbonyl (C=O) groups excluding carboxylic acids is 2. The Labute approximate surface area is 117 Å². The van der Waals surface area contributed by atoms with Crippen LogP contribution in [0.4, 0.5) is 0 Å². The Hall–Kier alpha value is -1.67. The molecule has 1 rings (SSSR count). The molecule has 1 aliphatic rings. The number of piperazine rings is 1. The van der Waals surface area contributed by atoms with Gasteiger partial charge in [-0.1, -0.05) is 0 Å². The molecule has 1 fully saturated rings. The Morgan fingerprint density at radius 1 is 1.45 bits per heavy atom. The fourth-order valence-electron chi connectivity index (χ4n) is 1.98. The summed E-state index contributed by atoms with van der Waals surface area (Å²) in [5.74, 6) is -1.48. The maximum absolute atomic E-state index is 11.7. The monoisotopic (exact) mass is 287 g/mol. The summed E-state index contributed by atoms with van der Waals surface area (Å²) in [4.78, 5) is 35.3. The van der Waals surface area contributed by atoms with Gasteiger partial charge in [-0.25, -0.2) is 0 Å². The van der Waals surface area contributed by atoms with Crippen molar-refractivity contribution in [1.82, 2.24) is 15.5 Å². The normalized spacial score (nSPS) is 19.4. The number of amides is 1. The molecule has 0 aromatic heterocycles. The Morgan fingerprint density at radius 3 is 2.85 bits per heavy atom. The van der Waals surface area contributed by atoms with Gasteiger partial charge in [0.2, 0.25) is 5.91 Å². The van der Waals surface area contributed by atoms with Crippen LogP contribution in [-0.2, 0) is 19.1 Å². The zero-order valence-corrected chi connectivity index (χ0v) is 11.6. The molecule has 1 unspecified atom stereocenters. The highest BCUT2D eigenvalue weighted by Gasteiger charge is 2.29. The molecule has 1 saturated heterocycles. The van der Waals surface area contributed by atoms with Crippen molar-refractivity contribution in [3.05, 3.63) is 0 Å². The lowest BCUT2D eigenvalue weighted by atomic mass is 10.2. The van der Waals surface area contributed by atoms with Crippen LogP contribution in [0.2, 0.25) is 0 Å². The van der Waals surface area contributed by atoms with Gasteiger partial charge in [0.25, 0.3) is 0 Å². The maximum Gasteiger partial charge on any atom is 0.322 e. The van der Waals surface area contributed by atoms with E-state index >= 15 is 0 Å². The first-order valence-electron chi connectivity index (χ1n) is 6.55. The van der Waals surface area contributed by atoms with Crippen LogP contribution in [0.3, 0.4) is 0 Å². The molecular formula is C12H21N3O5. The Bertz CT molecular complexity index is 361. The van der Waals surface area contributed by atoms with Gasteiger partial charge in [0.05, 0.1) is 13.7 Å². The van der Waals surface area contributed by atoms with Gasteiger partial charge in [0.15, 0.2) is 0 Å². The Morgan fingerprint density at radius 2 is 2.20 bits per heavy atom. The van der Waals surface area contributed by atoms with Crippen LogP contribution in [0, 0.1) is 0 Å². The third-order valence-corrected chi connectivity index (χ3v) is 3.09. The topological polar surface area (TPSA) is 108 Å². The summed E-state index contributed by atoms with van der Waals surface area (Å²) in [6.45, 7) is 1.95. The molecule has 1 atom stereocenters. The van der Waals surface area contributed by atoms with Crippen molar-refractivity contribution >= 4 is 17.8 Å². The van der Waals surface area contributed by atoms with Crippen molar-refractivity contribution < 1.29 is 24.2 Å². The summed E-state index contributed by atoms with van der Waals surface area (Å²) in [6.07, 6.45) is 0.754. The number of ether oxygens (including phenoxy) is 1. The molecule has 1 amide bonds. The summed E-state index contributed by atoms with van der Waals surface area (Å²) in [7, 11) is 1.32. The molecule has 1 aliphatic heterocycles. The lowest BCUT2D eigenvalue weighted by Crippen LogP contribution is -2.57. The second-order valence-electron chi connectivity index (χ2n) is 4.56. The molecular weight excluding hydrogens is 266 g/mol. The van der Waals surface area contributed by atoms with Crippen LogP contribution < -0.4 is 10.6 Å². The molecule has 8 nitrogen and oxygen atoms in total. The van der Waals surface area contributed by atoms with Gasteiger partial charge in [0, 0.05) is 32.6 Å². The molecule has 114 valence electrons. The number of aliphatic carboxylic acids is 1. The number of carbonyl (C=O) groups is 3. The second kappa shape index (κ2) is 8.49. The summed E-state index contributed by atoms with van der Waals surface area (Å²) >= 11 is 0. The molecule has 0 aromatic rings. The van der Waals surface area contributed by atoms with E-state index in [0.717, 1.165) is 0 Å². The van der Waals surface area contributed by atoms with Crippen molar-refractivity contribution in [3.8, 4) is 0 Å². The SMILES string of the molecule is COC(=O)CCCNC(=O)CN1CCNCC1C(=O)O. The summed E-state index contributed by atoms with van der Waals surface area (Å²) in [6, 6.07) is -0.676. The van der Waals surface area contributed by atoms with E-state index in [1.54, 1.807) is 4.90 Å². The highest BCUT2D eigenvalue weighted by molar-refractivity contribution is 5.80. The number of hydrogen-bond acceptors (Lipinski definition) is 6. The van der Waals surface area contributed by atoms with Gasteiger partial charge < -0.3 is 20.5 Å². The molecule has 20 heavy (non-hydrogen) atoms. The first-order chi connectivity index (χ1) is 9.54. The number of carboxylic acids is 1. The minimum Gasteiger partial charge on any atom is -0.480 e. The molecule has 1 heterocycles. The smallest absolute Gasteiger partial charge is 0.322 e. The van der Waals surface area contributed by atoms with Crippen LogP contribution in [0.25, 0.3) is 0 Å². The maximum atomic E-state index is 11.7. The standard InChI is InChI=1S/C12H21N3O5/c1-20-11(17)3-2-4-14-10(16)8-15-6-5-13-7-9(15)12(18)19/h9,13H,2-8H2,1H3,(H,14,16)(H,18,19). The summed E-state index contributed by atoms with van der Waals surface area (Å²) in [5.41, 5.74) is 0. The van der Waals surface area contributed by atoms with E-state index in [1.807, 2.05) is 0 Å². The van der Waals surface area contributed by atoms with Gasteiger partial charge in [-0.05, 0) is 6.42 Å².